The SMILES string of the molecule is CC(C)(C(=O)C1CCCCC1)N1CCNCC1. The van der Waals surface area contributed by atoms with E-state index in [0.717, 1.165) is 39.0 Å². The van der Waals surface area contributed by atoms with E-state index >= 15 is 0 Å². The molecule has 2 fully saturated rings. The lowest BCUT2D eigenvalue weighted by Gasteiger charge is -2.42. The van der Waals surface area contributed by atoms with Crippen LogP contribution in [-0.2, 0) is 4.79 Å². The maximum absolute atomic E-state index is 12.7. The van der Waals surface area contributed by atoms with Crippen LogP contribution in [0.5, 0.6) is 0 Å². The van der Waals surface area contributed by atoms with Crippen LogP contribution < -0.4 is 5.32 Å². The minimum absolute atomic E-state index is 0.260. The van der Waals surface area contributed by atoms with Crippen LogP contribution >= 0.6 is 0 Å². The molecule has 2 rings (SSSR count). The number of Topliss-reactive ketones (excluding diaryl/α,β-unsaturated/α-hetero) is 1. The van der Waals surface area contributed by atoms with Gasteiger partial charge < -0.3 is 5.32 Å². The highest BCUT2D eigenvalue weighted by atomic mass is 16.1. The van der Waals surface area contributed by atoms with Crippen LogP contribution in [-0.4, -0.2) is 42.4 Å². The predicted octanol–water partition coefficient (Wildman–Crippen LogP) is 1.82. The summed E-state index contributed by atoms with van der Waals surface area (Å²) in [5.74, 6) is 0.813. The van der Waals surface area contributed by atoms with Gasteiger partial charge in [0, 0.05) is 32.1 Å². The monoisotopic (exact) mass is 238 g/mol. The lowest BCUT2D eigenvalue weighted by atomic mass is 9.78. The second-order valence-corrected chi connectivity index (χ2v) is 6.00. The molecule has 3 nitrogen and oxygen atoms in total. The molecular weight excluding hydrogens is 212 g/mol. The lowest BCUT2D eigenvalue weighted by molar-refractivity contribution is -0.135. The molecule has 0 aromatic carbocycles. The van der Waals surface area contributed by atoms with Crippen molar-refractivity contribution in [1.29, 1.82) is 0 Å². The van der Waals surface area contributed by atoms with Crippen LogP contribution in [0, 0.1) is 5.92 Å². The van der Waals surface area contributed by atoms with E-state index < -0.39 is 0 Å². The zero-order valence-electron chi connectivity index (χ0n) is 11.3. The van der Waals surface area contributed by atoms with Crippen molar-refractivity contribution in [1.82, 2.24) is 10.2 Å². The first-order chi connectivity index (χ1) is 8.12. The van der Waals surface area contributed by atoms with Gasteiger partial charge in [0.05, 0.1) is 5.54 Å². The van der Waals surface area contributed by atoms with Crippen LogP contribution in [0.1, 0.15) is 46.0 Å². The van der Waals surface area contributed by atoms with Gasteiger partial charge in [0.2, 0.25) is 0 Å². The number of ketones is 1. The van der Waals surface area contributed by atoms with Gasteiger partial charge in [0.1, 0.15) is 0 Å². The number of carbonyl (C=O) groups is 1. The Morgan fingerprint density at radius 3 is 2.29 bits per heavy atom. The molecule has 0 aromatic heterocycles. The largest absolute Gasteiger partial charge is 0.314 e. The van der Waals surface area contributed by atoms with Crippen molar-refractivity contribution in [2.75, 3.05) is 26.2 Å². The normalized spacial score (nSPS) is 24.8. The van der Waals surface area contributed by atoms with Gasteiger partial charge in [-0.3, -0.25) is 9.69 Å². The van der Waals surface area contributed by atoms with Gasteiger partial charge in [0.25, 0.3) is 0 Å². The molecule has 1 saturated carbocycles. The Morgan fingerprint density at radius 2 is 1.71 bits per heavy atom. The molecule has 0 aromatic rings. The van der Waals surface area contributed by atoms with Gasteiger partial charge in [-0.25, -0.2) is 0 Å². The maximum atomic E-state index is 12.7. The summed E-state index contributed by atoms with van der Waals surface area (Å²) in [6, 6.07) is 0. The quantitative estimate of drug-likeness (QED) is 0.814. The molecule has 3 heteroatoms. The number of nitrogens with one attached hydrogen (secondary N) is 1. The number of hydrogen-bond acceptors (Lipinski definition) is 3. The van der Waals surface area contributed by atoms with E-state index in [2.05, 4.69) is 24.1 Å². The predicted molar refractivity (Wildman–Crippen MR) is 70.1 cm³/mol. The summed E-state index contributed by atoms with van der Waals surface area (Å²) in [5, 5.41) is 3.35. The zero-order chi connectivity index (χ0) is 12.3. The minimum atomic E-state index is -0.260. The van der Waals surface area contributed by atoms with E-state index in [1.807, 2.05) is 0 Å². The van der Waals surface area contributed by atoms with Crippen LogP contribution in [0.25, 0.3) is 0 Å². The second kappa shape index (κ2) is 5.49. The van der Waals surface area contributed by atoms with Crippen LogP contribution in [0.15, 0.2) is 0 Å². The maximum Gasteiger partial charge on any atom is 0.155 e. The van der Waals surface area contributed by atoms with Crippen molar-refractivity contribution in [3.8, 4) is 0 Å². The van der Waals surface area contributed by atoms with Crippen molar-refractivity contribution in [3.63, 3.8) is 0 Å². The molecular formula is C14H26N2O. The fourth-order valence-electron chi connectivity index (χ4n) is 3.24. The third-order valence-corrected chi connectivity index (χ3v) is 4.49. The van der Waals surface area contributed by atoms with Gasteiger partial charge >= 0.3 is 0 Å². The van der Waals surface area contributed by atoms with Crippen molar-refractivity contribution in [3.05, 3.63) is 0 Å². The first kappa shape index (κ1) is 13.0. The molecule has 0 unspecified atom stereocenters. The third-order valence-electron chi connectivity index (χ3n) is 4.49. The first-order valence-electron chi connectivity index (χ1n) is 7.12. The second-order valence-electron chi connectivity index (χ2n) is 6.00. The fourth-order valence-corrected chi connectivity index (χ4v) is 3.24. The lowest BCUT2D eigenvalue weighted by Crippen LogP contribution is -2.58. The number of nitrogens with zero attached hydrogens (tertiary/aromatic N) is 1. The Bertz CT molecular complexity index is 263. The van der Waals surface area contributed by atoms with Gasteiger partial charge in [-0.15, -0.1) is 0 Å². The summed E-state index contributed by atoms with van der Waals surface area (Å²) in [5.41, 5.74) is -0.260. The molecule has 0 atom stereocenters. The van der Waals surface area contributed by atoms with Gasteiger partial charge in [0.15, 0.2) is 5.78 Å². The molecule has 0 bridgehead atoms. The average Bonchev–Trinajstić information content (AvgIpc) is 2.40. The molecule has 2 aliphatic rings. The molecule has 0 spiro atoms. The Kier molecular flexibility index (Phi) is 4.21. The molecule has 0 amide bonds. The van der Waals surface area contributed by atoms with E-state index in [1.54, 1.807) is 0 Å². The first-order valence-corrected chi connectivity index (χ1v) is 7.12. The molecule has 1 aliphatic carbocycles. The van der Waals surface area contributed by atoms with E-state index in [0.29, 0.717) is 11.7 Å². The number of piperazine rings is 1. The Hall–Kier alpha value is -0.410. The molecule has 98 valence electrons. The Balaban J connectivity index is 1.99. The summed E-state index contributed by atoms with van der Waals surface area (Å²) in [6.45, 7) is 8.28. The smallest absolute Gasteiger partial charge is 0.155 e. The molecule has 1 N–H and O–H groups in total. The summed E-state index contributed by atoms with van der Waals surface area (Å²) in [7, 11) is 0. The minimum Gasteiger partial charge on any atom is -0.314 e. The van der Waals surface area contributed by atoms with Crippen LogP contribution in [0.3, 0.4) is 0 Å². The van der Waals surface area contributed by atoms with Gasteiger partial charge in [-0.1, -0.05) is 19.3 Å². The molecule has 0 radical (unpaired) electrons. The van der Waals surface area contributed by atoms with E-state index in [9.17, 15) is 4.79 Å². The molecule has 17 heavy (non-hydrogen) atoms. The summed E-state index contributed by atoms with van der Waals surface area (Å²) in [6.07, 6.45) is 6.04. The number of rotatable bonds is 3. The van der Waals surface area contributed by atoms with Crippen LogP contribution in [0.4, 0.5) is 0 Å². The molecule has 1 saturated heterocycles. The van der Waals surface area contributed by atoms with Crippen molar-refractivity contribution in [2.24, 2.45) is 5.92 Å². The van der Waals surface area contributed by atoms with Gasteiger partial charge in [-0.05, 0) is 26.7 Å². The number of hydrogen-bond donors (Lipinski definition) is 1. The Morgan fingerprint density at radius 1 is 1.12 bits per heavy atom. The highest BCUT2D eigenvalue weighted by Crippen LogP contribution is 2.30. The average molecular weight is 238 g/mol. The summed E-state index contributed by atoms with van der Waals surface area (Å²) < 4.78 is 0. The topological polar surface area (TPSA) is 32.3 Å². The Labute approximate surface area is 105 Å². The van der Waals surface area contributed by atoms with E-state index in [1.165, 1.54) is 19.3 Å². The molecule has 1 aliphatic heterocycles. The summed E-state index contributed by atoms with van der Waals surface area (Å²) in [4.78, 5) is 15.0. The summed E-state index contributed by atoms with van der Waals surface area (Å²) >= 11 is 0. The van der Waals surface area contributed by atoms with Gasteiger partial charge in [-0.2, -0.15) is 0 Å². The van der Waals surface area contributed by atoms with Crippen molar-refractivity contribution < 1.29 is 4.79 Å². The highest BCUT2D eigenvalue weighted by Gasteiger charge is 2.38. The fraction of sp³-hybridized carbons (Fsp3) is 0.929. The standard InChI is InChI=1S/C14H26N2O/c1-14(2,16-10-8-15-9-11-16)13(17)12-6-4-3-5-7-12/h12,15H,3-11H2,1-2H3. The highest BCUT2D eigenvalue weighted by molar-refractivity contribution is 5.89. The van der Waals surface area contributed by atoms with E-state index in [-0.39, 0.29) is 5.54 Å². The third kappa shape index (κ3) is 2.89. The van der Waals surface area contributed by atoms with E-state index in [4.69, 9.17) is 0 Å². The van der Waals surface area contributed by atoms with Crippen molar-refractivity contribution >= 4 is 5.78 Å². The van der Waals surface area contributed by atoms with Crippen molar-refractivity contribution in [2.45, 2.75) is 51.5 Å². The number of carbonyl (C=O) groups excluding carboxylic acids is 1. The van der Waals surface area contributed by atoms with Crippen LogP contribution in [0.2, 0.25) is 0 Å². The zero-order valence-corrected chi connectivity index (χ0v) is 11.3. The molecule has 1 heterocycles.